The summed E-state index contributed by atoms with van der Waals surface area (Å²) in [6.07, 6.45) is 3.11. The van der Waals surface area contributed by atoms with Gasteiger partial charge in [0, 0.05) is 18.8 Å². The lowest BCUT2D eigenvalue weighted by atomic mass is 10.2. The topological polar surface area (TPSA) is 92.6 Å². The van der Waals surface area contributed by atoms with Crippen molar-refractivity contribution in [1.29, 1.82) is 0 Å². The summed E-state index contributed by atoms with van der Waals surface area (Å²) in [6.45, 7) is 0.656. The van der Waals surface area contributed by atoms with Gasteiger partial charge in [-0.25, -0.2) is 24.1 Å². The lowest BCUT2D eigenvalue weighted by molar-refractivity contribution is -0.141. The molecule has 0 spiro atoms. The molecule has 1 aliphatic rings. The van der Waals surface area contributed by atoms with Crippen molar-refractivity contribution in [2.45, 2.75) is 18.9 Å². The number of aromatic amines is 1. The summed E-state index contributed by atoms with van der Waals surface area (Å²) in [6, 6.07) is 1.23. The molecule has 2 aromatic rings. The Morgan fingerprint density at radius 1 is 1.58 bits per heavy atom. The molecule has 0 amide bonds. The van der Waals surface area contributed by atoms with Gasteiger partial charge in [-0.2, -0.15) is 5.10 Å². The van der Waals surface area contributed by atoms with Crippen LogP contribution in [-0.2, 0) is 9.53 Å². The molecule has 2 aromatic heterocycles. The molecular formula is C11H13N5O3. The number of ether oxygens (including phenoxy) is 1. The largest absolute Gasteiger partial charge is 0.467 e. The summed E-state index contributed by atoms with van der Waals surface area (Å²) in [4.78, 5) is 29.5. The molecule has 100 valence electrons. The van der Waals surface area contributed by atoms with Crippen LogP contribution in [0.25, 0.3) is 5.65 Å². The van der Waals surface area contributed by atoms with Gasteiger partial charge in [0.15, 0.2) is 5.65 Å². The zero-order valence-corrected chi connectivity index (χ0v) is 10.4. The van der Waals surface area contributed by atoms with Gasteiger partial charge in [0.1, 0.15) is 6.04 Å². The fraction of sp³-hybridized carbons (Fsp3) is 0.455. The number of hydrogen-bond donors (Lipinski definition) is 1. The van der Waals surface area contributed by atoms with E-state index in [0.29, 0.717) is 24.6 Å². The van der Waals surface area contributed by atoms with E-state index in [1.165, 1.54) is 11.5 Å². The van der Waals surface area contributed by atoms with Gasteiger partial charge < -0.3 is 9.64 Å². The van der Waals surface area contributed by atoms with Gasteiger partial charge >= 0.3 is 11.7 Å². The molecule has 3 rings (SSSR count). The van der Waals surface area contributed by atoms with Crippen LogP contribution < -0.4 is 10.6 Å². The third kappa shape index (κ3) is 1.76. The predicted octanol–water partition coefficient (Wildman–Crippen LogP) is -0.441. The second-order valence-electron chi connectivity index (χ2n) is 4.34. The van der Waals surface area contributed by atoms with Gasteiger partial charge in [-0.1, -0.05) is 0 Å². The van der Waals surface area contributed by atoms with Gasteiger partial charge in [-0.05, 0) is 12.8 Å². The molecular weight excluding hydrogens is 250 g/mol. The van der Waals surface area contributed by atoms with Crippen LogP contribution in [0, 0.1) is 0 Å². The number of hydrogen-bond acceptors (Lipinski definition) is 6. The molecule has 8 heteroatoms. The highest BCUT2D eigenvalue weighted by atomic mass is 16.5. The normalized spacial score (nSPS) is 19.0. The molecule has 3 heterocycles. The Morgan fingerprint density at radius 2 is 2.42 bits per heavy atom. The van der Waals surface area contributed by atoms with Gasteiger partial charge in [-0.3, -0.25) is 0 Å². The number of methoxy groups -OCH3 is 1. The van der Waals surface area contributed by atoms with Crippen LogP contribution >= 0.6 is 0 Å². The number of anilines is 1. The van der Waals surface area contributed by atoms with Gasteiger partial charge in [0.2, 0.25) is 5.95 Å². The molecule has 1 aliphatic heterocycles. The number of esters is 1. The first-order valence-electron chi connectivity index (χ1n) is 5.99. The molecule has 1 fully saturated rings. The summed E-state index contributed by atoms with van der Waals surface area (Å²) in [7, 11) is 1.36. The molecule has 1 atom stereocenters. The fourth-order valence-corrected chi connectivity index (χ4v) is 2.43. The zero-order valence-electron chi connectivity index (χ0n) is 10.4. The highest BCUT2D eigenvalue weighted by molar-refractivity contribution is 5.80. The van der Waals surface area contributed by atoms with Crippen molar-refractivity contribution in [1.82, 2.24) is 19.6 Å². The number of carbonyl (C=O) groups excluding carboxylic acids is 1. The van der Waals surface area contributed by atoms with Crippen molar-refractivity contribution < 1.29 is 9.53 Å². The van der Waals surface area contributed by atoms with E-state index in [2.05, 4.69) is 15.2 Å². The second kappa shape index (κ2) is 4.38. The summed E-state index contributed by atoms with van der Waals surface area (Å²) in [5.74, 6) is 0.108. The summed E-state index contributed by atoms with van der Waals surface area (Å²) < 4.78 is 6.15. The Kier molecular flexibility index (Phi) is 2.69. The van der Waals surface area contributed by atoms with Crippen LogP contribution in [0.3, 0.4) is 0 Å². The number of fused-ring (bicyclic) bond motifs is 1. The monoisotopic (exact) mass is 263 g/mol. The number of H-pyrrole nitrogens is 1. The van der Waals surface area contributed by atoms with E-state index in [9.17, 15) is 9.59 Å². The quantitative estimate of drug-likeness (QED) is 0.738. The van der Waals surface area contributed by atoms with E-state index in [1.54, 1.807) is 17.2 Å². The molecule has 1 saturated heterocycles. The first kappa shape index (κ1) is 11.7. The van der Waals surface area contributed by atoms with E-state index in [4.69, 9.17) is 4.74 Å². The molecule has 1 N–H and O–H groups in total. The fourth-order valence-electron chi connectivity index (χ4n) is 2.43. The molecule has 1 unspecified atom stereocenters. The SMILES string of the molecule is COC(=O)C1CCCN1c1nccc2n[nH]c(=O)n12. The maximum Gasteiger partial charge on any atom is 0.350 e. The molecule has 8 nitrogen and oxygen atoms in total. The van der Waals surface area contributed by atoms with Crippen molar-refractivity contribution in [3.63, 3.8) is 0 Å². The van der Waals surface area contributed by atoms with Crippen LogP contribution in [0.4, 0.5) is 5.95 Å². The number of rotatable bonds is 2. The van der Waals surface area contributed by atoms with Gasteiger partial charge in [-0.15, -0.1) is 0 Å². The van der Waals surface area contributed by atoms with Crippen molar-refractivity contribution in [3.8, 4) is 0 Å². The molecule has 0 bridgehead atoms. The lowest BCUT2D eigenvalue weighted by Crippen LogP contribution is -2.39. The Labute approximate surface area is 108 Å². The van der Waals surface area contributed by atoms with Crippen molar-refractivity contribution in [2.75, 3.05) is 18.6 Å². The molecule has 0 aromatic carbocycles. The maximum absolute atomic E-state index is 11.8. The second-order valence-corrected chi connectivity index (χ2v) is 4.34. The lowest BCUT2D eigenvalue weighted by Gasteiger charge is -2.23. The van der Waals surface area contributed by atoms with Crippen molar-refractivity contribution >= 4 is 17.6 Å². The Bertz CT molecular complexity index is 676. The first-order valence-corrected chi connectivity index (χ1v) is 5.99. The van der Waals surface area contributed by atoms with E-state index >= 15 is 0 Å². The Balaban J connectivity index is 2.11. The smallest absolute Gasteiger partial charge is 0.350 e. The molecule has 0 radical (unpaired) electrons. The van der Waals surface area contributed by atoms with E-state index in [0.717, 1.165) is 6.42 Å². The number of carbonyl (C=O) groups is 1. The van der Waals surface area contributed by atoms with Crippen LogP contribution in [0.1, 0.15) is 12.8 Å². The Hall–Kier alpha value is -2.38. The molecule has 19 heavy (non-hydrogen) atoms. The van der Waals surface area contributed by atoms with E-state index < -0.39 is 6.04 Å². The predicted molar refractivity (Wildman–Crippen MR) is 66.0 cm³/mol. The molecule has 0 aliphatic carbocycles. The zero-order chi connectivity index (χ0) is 13.4. The van der Waals surface area contributed by atoms with Crippen LogP contribution in [0.5, 0.6) is 0 Å². The van der Waals surface area contributed by atoms with E-state index in [1.807, 2.05) is 0 Å². The minimum absolute atomic E-state index is 0.312. The van der Waals surface area contributed by atoms with Gasteiger partial charge in [0.25, 0.3) is 0 Å². The average molecular weight is 263 g/mol. The minimum atomic E-state index is -0.398. The van der Waals surface area contributed by atoms with Gasteiger partial charge in [0.05, 0.1) is 7.11 Å². The Morgan fingerprint density at radius 3 is 3.21 bits per heavy atom. The van der Waals surface area contributed by atoms with Crippen molar-refractivity contribution in [2.24, 2.45) is 0 Å². The first-order chi connectivity index (χ1) is 9.22. The number of nitrogens with zero attached hydrogens (tertiary/aromatic N) is 4. The number of nitrogens with one attached hydrogen (secondary N) is 1. The standard InChI is InChI=1S/C11H13N5O3/c1-19-9(17)7-3-2-6-15(7)10-12-5-4-8-13-14-11(18)16(8)10/h4-5,7H,2-3,6H2,1H3,(H,14,18). The van der Waals surface area contributed by atoms with E-state index in [-0.39, 0.29) is 11.7 Å². The number of aromatic nitrogens is 4. The third-order valence-electron chi connectivity index (χ3n) is 3.29. The minimum Gasteiger partial charge on any atom is -0.467 e. The maximum atomic E-state index is 11.8. The van der Waals surface area contributed by atoms with Crippen LogP contribution in [0.15, 0.2) is 17.1 Å². The summed E-state index contributed by atoms with van der Waals surface area (Å²) in [5.41, 5.74) is 0.110. The molecule has 0 saturated carbocycles. The summed E-state index contributed by atoms with van der Waals surface area (Å²) in [5, 5.41) is 6.26. The third-order valence-corrected chi connectivity index (χ3v) is 3.29. The van der Waals surface area contributed by atoms with Crippen molar-refractivity contribution in [3.05, 3.63) is 22.7 Å². The van der Waals surface area contributed by atoms with Crippen LogP contribution in [0.2, 0.25) is 0 Å². The highest BCUT2D eigenvalue weighted by Crippen LogP contribution is 2.24. The van der Waals surface area contributed by atoms with Crippen LogP contribution in [-0.4, -0.2) is 45.2 Å². The summed E-state index contributed by atoms with van der Waals surface area (Å²) >= 11 is 0. The highest BCUT2D eigenvalue weighted by Gasteiger charge is 2.34. The average Bonchev–Trinajstić information content (AvgIpc) is 3.05.